The quantitative estimate of drug-likeness (QED) is 0.800. The number of aryl methyl sites for hydroxylation is 1. The number of benzene rings is 1. The number of hydrogen-bond acceptors (Lipinski definition) is 4. The van der Waals surface area contributed by atoms with Gasteiger partial charge in [-0.15, -0.1) is 0 Å². The van der Waals surface area contributed by atoms with Crippen molar-refractivity contribution in [1.82, 2.24) is 4.57 Å². The van der Waals surface area contributed by atoms with Gasteiger partial charge in [0.1, 0.15) is 5.56 Å². The van der Waals surface area contributed by atoms with Crippen molar-refractivity contribution in [2.45, 2.75) is 32.7 Å². The first-order valence-electron chi connectivity index (χ1n) is 8.68. The Bertz CT molecular complexity index is 801. The second kappa shape index (κ2) is 7.66. The molecule has 2 heterocycles. The lowest BCUT2D eigenvalue weighted by molar-refractivity contribution is 0.0521. The van der Waals surface area contributed by atoms with E-state index < -0.39 is 5.97 Å². The highest BCUT2D eigenvalue weighted by Crippen LogP contribution is 2.24. The van der Waals surface area contributed by atoms with Gasteiger partial charge in [-0.1, -0.05) is 29.8 Å². The lowest BCUT2D eigenvalue weighted by atomic mass is 10.0. The summed E-state index contributed by atoms with van der Waals surface area (Å²) in [5.74, 6) is -0.567. The maximum Gasteiger partial charge on any atom is 0.343 e. The topological polar surface area (TPSA) is 57.5 Å². The Morgan fingerprint density at radius 1 is 1.20 bits per heavy atom. The summed E-state index contributed by atoms with van der Waals surface area (Å²) in [5.41, 5.74) is 2.26. The molecule has 0 saturated carbocycles. The van der Waals surface area contributed by atoms with Crippen LogP contribution < -0.4 is 5.43 Å². The van der Waals surface area contributed by atoms with Gasteiger partial charge in [-0.3, -0.25) is 4.79 Å². The Balaban J connectivity index is 2.11. The number of carbonyl (C=O) groups is 1. The van der Waals surface area contributed by atoms with Gasteiger partial charge in [-0.2, -0.15) is 0 Å². The van der Waals surface area contributed by atoms with Crippen LogP contribution in [0.25, 0.3) is 11.1 Å². The van der Waals surface area contributed by atoms with Crippen LogP contribution in [-0.4, -0.2) is 30.4 Å². The average molecular weight is 341 g/mol. The molecule has 0 amide bonds. The van der Waals surface area contributed by atoms with E-state index >= 15 is 0 Å². The summed E-state index contributed by atoms with van der Waals surface area (Å²) in [6, 6.07) is 7.96. The van der Waals surface area contributed by atoms with Gasteiger partial charge in [0, 0.05) is 37.2 Å². The van der Waals surface area contributed by atoms with Crippen LogP contribution >= 0.6 is 0 Å². The van der Waals surface area contributed by atoms with Crippen LogP contribution in [0.1, 0.15) is 41.7 Å². The van der Waals surface area contributed by atoms with E-state index in [0.717, 1.165) is 24.0 Å². The van der Waals surface area contributed by atoms with Crippen LogP contribution in [0.3, 0.4) is 0 Å². The molecule has 0 aliphatic carbocycles. The predicted octanol–water partition coefficient (Wildman–Crippen LogP) is 3.35. The number of aromatic nitrogens is 1. The number of esters is 1. The molecule has 1 aliphatic rings. The van der Waals surface area contributed by atoms with Gasteiger partial charge in [0.25, 0.3) is 0 Å². The highest BCUT2D eigenvalue weighted by atomic mass is 16.5. The second-order valence-electron chi connectivity index (χ2n) is 6.29. The predicted molar refractivity (Wildman–Crippen MR) is 95.9 cm³/mol. The van der Waals surface area contributed by atoms with Gasteiger partial charge in [0.2, 0.25) is 5.43 Å². The van der Waals surface area contributed by atoms with Gasteiger partial charge >= 0.3 is 5.97 Å². The van der Waals surface area contributed by atoms with Gasteiger partial charge in [-0.05, 0) is 32.3 Å². The molecule has 25 heavy (non-hydrogen) atoms. The maximum absolute atomic E-state index is 12.9. The first kappa shape index (κ1) is 17.4. The number of carbonyl (C=O) groups excluding carboxylic acids is 1. The van der Waals surface area contributed by atoms with Crippen molar-refractivity contribution in [2.75, 3.05) is 19.8 Å². The first-order chi connectivity index (χ1) is 12.1. The van der Waals surface area contributed by atoms with E-state index in [4.69, 9.17) is 9.47 Å². The van der Waals surface area contributed by atoms with Crippen molar-refractivity contribution >= 4 is 5.97 Å². The smallest absolute Gasteiger partial charge is 0.343 e. The number of pyridine rings is 1. The fourth-order valence-corrected chi connectivity index (χ4v) is 3.08. The molecular formula is C20H23NO4. The molecule has 0 unspecified atom stereocenters. The molecular weight excluding hydrogens is 318 g/mol. The number of nitrogens with zero attached hydrogens (tertiary/aromatic N) is 1. The van der Waals surface area contributed by atoms with Crippen molar-refractivity contribution in [3.63, 3.8) is 0 Å². The van der Waals surface area contributed by atoms with Crippen molar-refractivity contribution < 1.29 is 14.3 Å². The molecule has 0 radical (unpaired) electrons. The molecule has 132 valence electrons. The summed E-state index contributed by atoms with van der Waals surface area (Å²) in [5, 5.41) is 0. The van der Waals surface area contributed by atoms with Crippen LogP contribution in [-0.2, 0) is 9.47 Å². The van der Waals surface area contributed by atoms with Crippen molar-refractivity contribution in [3.05, 3.63) is 58.0 Å². The van der Waals surface area contributed by atoms with Gasteiger partial charge in [0.15, 0.2) is 0 Å². The lowest BCUT2D eigenvalue weighted by Crippen LogP contribution is -2.25. The Labute approximate surface area is 147 Å². The third-order valence-electron chi connectivity index (χ3n) is 4.52. The summed E-state index contributed by atoms with van der Waals surface area (Å²) in [6.07, 6.45) is 5.21. The summed E-state index contributed by atoms with van der Waals surface area (Å²) < 4.78 is 12.5. The molecule has 1 aliphatic heterocycles. The number of rotatable bonds is 4. The van der Waals surface area contributed by atoms with Crippen LogP contribution in [0.4, 0.5) is 0 Å². The Hall–Kier alpha value is -2.40. The monoisotopic (exact) mass is 341 g/mol. The Kier molecular flexibility index (Phi) is 5.34. The van der Waals surface area contributed by atoms with E-state index in [0.29, 0.717) is 18.8 Å². The second-order valence-corrected chi connectivity index (χ2v) is 6.29. The average Bonchev–Trinajstić information content (AvgIpc) is 2.63. The first-order valence-corrected chi connectivity index (χ1v) is 8.68. The molecule has 1 saturated heterocycles. The highest BCUT2D eigenvalue weighted by Gasteiger charge is 2.21. The Morgan fingerprint density at radius 3 is 2.52 bits per heavy atom. The molecule has 1 fully saturated rings. The zero-order valence-corrected chi connectivity index (χ0v) is 14.7. The molecule has 5 nitrogen and oxygen atoms in total. The fraction of sp³-hybridized carbons (Fsp3) is 0.400. The largest absolute Gasteiger partial charge is 0.462 e. The zero-order valence-electron chi connectivity index (χ0n) is 14.7. The normalized spacial score (nSPS) is 15.1. The minimum Gasteiger partial charge on any atom is -0.462 e. The molecule has 0 atom stereocenters. The van der Waals surface area contributed by atoms with E-state index in [1.54, 1.807) is 13.1 Å². The SMILES string of the molecule is CCOC(=O)c1cn(C2CCOCC2)cc(-c2ccc(C)cc2)c1=O. The van der Waals surface area contributed by atoms with Crippen LogP contribution in [0.2, 0.25) is 0 Å². The molecule has 0 N–H and O–H groups in total. The highest BCUT2D eigenvalue weighted by molar-refractivity contribution is 5.90. The molecule has 3 rings (SSSR count). The van der Waals surface area contributed by atoms with Crippen molar-refractivity contribution in [3.8, 4) is 11.1 Å². The minimum atomic E-state index is -0.567. The Morgan fingerprint density at radius 2 is 1.88 bits per heavy atom. The lowest BCUT2D eigenvalue weighted by Gasteiger charge is -2.26. The van der Waals surface area contributed by atoms with Crippen LogP contribution in [0.15, 0.2) is 41.5 Å². The molecule has 5 heteroatoms. The maximum atomic E-state index is 12.9. The fourth-order valence-electron chi connectivity index (χ4n) is 3.08. The van der Waals surface area contributed by atoms with Gasteiger partial charge < -0.3 is 14.0 Å². The third-order valence-corrected chi connectivity index (χ3v) is 4.52. The van der Waals surface area contributed by atoms with Crippen LogP contribution in [0.5, 0.6) is 0 Å². The van der Waals surface area contributed by atoms with E-state index in [9.17, 15) is 9.59 Å². The van der Waals surface area contributed by atoms with Gasteiger partial charge in [0.05, 0.1) is 6.61 Å². The standard InChI is InChI=1S/C20H23NO4/c1-3-25-20(23)18-13-21(16-8-10-24-11-9-16)12-17(19(18)22)15-6-4-14(2)5-7-15/h4-7,12-13,16H,3,8-11H2,1-2H3. The summed E-state index contributed by atoms with van der Waals surface area (Å²) in [4.78, 5) is 25.1. The van der Waals surface area contributed by atoms with E-state index in [1.807, 2.05) is 42.0 Å². The minimum absolute atomic E-state index is 0.0893. The van der Waals surface area contributed by atoms with E-state index in [-0.39, 0.29) is 23.6 Å². The van der Waals surface area contributed by atoms with E-state index in [2.05, 4.69) is 0 Å². The van der Waals surface area contributed by atoms with Crippen molar-refractivity contribution in [1.29, 1.82) is 0 Å². The van der Waals surface area contributed by atoms with Gasteiger partial charge in [-0.25, -0.2) is 4.79 Å². The number of hydrogen-bond donors (Lipinski definition) is 0. The van der Waals surface area contributed by atoms with Crippen molar-refractivity contribution in [2.24, 2.45) is 0 Å². The number of ether oxygens (including phenoxy) is 2. The van der Waals surface area contributed by atoms with Crippen LogP contribution in [0, 0.1) is 6.92 Å². The molecule has 1 aromatic carbocycles. The zero-order chi connectivity index (χ0) is 17.8. The molecule has 1 aromatic heterocycles. The molecule has 2 aromatic rings. The summed E-state index contributed by atoms with van der Waals surface area (Å²) >= 11 is 0. The summed E-state index contributed by atoms with van der Waals surface area (Å²) in [6.45, 7) is 5.35. The third kappa shape index (κ3) is 3.82. The molecule has 0 bridgehead atoms. The van der Waals surface area contributed by atoms with E-state index in [1.165, 1.54) is 0 Å². The summed E-state index contributed by atoms with van der Waals surface area (Å²) in [7, 11) is 0. The molecule has 0 spiro atoms.